The zero-order valence-corrected chi connectivity index (χ0v) is 17.2. The average molecular weight is 471 g/mol. The fourth-order valence-corrected chi connectivity index (χ4v) is 6.43. The van der Waals surface area contributed by atoms with Gasteiger partial charge in [0.25, 0.3) is 0 Å². The van der Waals surface area contributed by atoms with Gasteiger partial charge in [0.2, 0.25) is 10.0 Å². The van der Waals surface area contributed by atoms with E-state index in [1.165, 1.54) is 17.4 Å². The van der Waals surface area contributed by atoms with E-state index in [2.05, 4.69) is 9.71 Å². The van der Waals surface area contributed by atoms with E-state index in [0.29, 0.717) is 10.4 Å². The van der Waals surface area contributed by atoms with Crippen molar-refractivity contribution in [3.8, 4) is 0 Å². The molecule has 3 aromatic heterocycles. The molecule has 0 atom stereocenters. The van der Waals surface area contributed by atoms with E-state index in [4.69, 9.17) is 11.6 Å². The van der Waals surface area contributed by atoms with Gasteiger partial charge >= 0.3 is 6.18 Å². The second-order valence-electron chi connectivity index (χ2n) is 5.09. The zero-order valence-electron chi connectivity index (χ0n) is 13.2. The number of nitrogens with zero attached hydrogens (tertiary/aromatic N) is 1. The topological polar surface area (TPSA) is 59.1 Å². The number of sulfonamides is 1. The van der Waals surface area contributed by atoms with E-state index in [9.17, 15) is 21.6 Å². The van der Waals surface area contributed by atoms with Crippen LogP contribution in [0.5, 0.6) is 0 Å². The molecule has 0 saturated carbocycles. The quantitative estimate of drug-likeness (QED) is 0.516. The van der Waals surface area contributed by atoms with E-state index >= 15 is 0 Å². The van der Waals surface area contributed by atoms with Crippen LogP contribution in [0.2, 0.25) is 5.02 Å². The average Bonchev–Trinajstić information content (AvgIpc) is 3.26. The number of hydrogen-bond donors (Lipinski definition) is 1. The minimum atomic E-state index is -4.53. The zero-order chi connectivity index (χ0) is 19.7. The molecule has 144 valence electrons. The molecule has 0 saturated heterocycles. The van der Waals surface area contributed by atoms with Gasteiger partial charge < -0.3 is 0 Å². The molecule has 27 heavy (non-hydrogen) atoms. The van der Waals surface area contributed by atoms with Gasteiger partial charge in [-0.15, -0.1) is 22.7 Å². The Balaban J connectivity index is 1.72. The van der Waals surface area contributed by atoms with Gasteiger partial charge in [0.05, 0.1) is 14.8 Å². The Morgan fingerprint density at radius 1 is 1.26 bits per heavy atom. The van der Waals surface area contributed by atoms with Gasteiger partial charge in [-0.05, 0) is 29.6 Å². The first-order valence-corrected chi connectivity index (χ1v) is 11.5. The molecule has 0 bridgehead atoms. The standard InChI is InChI=1S/C15H10ClF3N2O2S4/c16-11-6-9(15(17,18)19)7-20-14(11)26-12-3-4-13(25-12)27(22,23)21-8-10-2-1-5-24-10/h1-7,21H,8H2. The molecule has 0 amide bonds. The van der Waals surface area contributed by atoms with Crippen molar-refractivity contribution in [2.45, 2.75) is 26.2 Å². The van der Waals surface area contributed by atoms with Crippen molar-refractivity contribution in [2.75, 3.05) is 0 Å². The van der Waals surface area contributed by atoms with Gasteiger partial charge in [-0.25, -0.2) is 18.1 Å². The molecule has 0 fully saturated rings. The second-order valence-corrected chi connectivity index (χ2v) is 10.9. The fraction of sp³-hybridized carbons (Fsp3) is 0.133. The molecule has 0 aliphatic heterocycles. The molecule has 0 spiro atoms. The Morgan fingerprint density at radius 3 is 2.67 bits per heavy atom. The van der Waals surface area contributed by atoms with Crippen LogP contribution in [0.15, 0.2) is 55.4 Å². The maximum absolute atomic E-state index is 12.7. The maximum Gasteiger partial charge on any atom is 0.417 e. The minimum Gasteiger partial charge on any atom is -0.247 e. The summed E-state index contributed by atoms with van der Waals surface area (Å²) in [5.41, 5.74) is -0.941. The number of pyridine rings is 1. The summed E-state index contributed by atoms with van der Waals surface area (Å²) in [6.45, 7) is 0.187. The van der Waals surface area contributed by atoms with Crippen molar-refractivity contribution in [1.82, 2.24) is 9.71 Å². The Labute approximate surface area is 170 Å². The molecule has 0 aliphatic rings. The van der Waals surface area contributed by atoms with Gasteiger partial charge in [0, 0.05) is 17.6 Å². The normalized spacial score (nSPS) is 12.4. The molecule has 3 aromatic rings. The van der Waals surface area contributed by atoms with Crippen LogP contribution in [0.4, 0.5) is 13.2 Å². The summed E-state index contributed by atoms with van der Waals surface area (Å²) in [6.07, 6.45) is -3.83. The van der Waals surface area contributed by atoms with Gasteiger partial charge in [-0.1, -0.05) is 29.4 Å². The summed E-state index contributed by atoms with van der Waals surface area (Å²) in [4.78, 5) is 4.62. The minimum absolute atomic E-state index is 0.101. The van der Waals surface area contributed by atoms with Crippen LogP contribution in [-0.4, -0.2) is 13.4 Å². The van der Waals surface area contributed by atoms with E-state index in [0.717, 1.165) is 34.0 Å². The number of hydrogen-bond acceptors (Lipinski definition) is 6. The summed E-state index contributed by atoms with van der Waals surface area (Å²) >= 11 is 9.31. The van der Waals surface area contributed by atoms with E-state index in [-0.39, 0.29) is 20.8 Å². The third-order valence-electron chi connectivity index (χ3n) is 3.17. The number of thiophene rings is 2. The lowest BCUT2D eigenvalue weighted by atomic mass is 10.3. The SMILES string of the molecule is O=S(=O)(NCc1cccs1)c1ccc(Sc2ncc(C(F)(F)F)cc2Cl)s1. The van der Waals surface area contributed by atoms with Crippen LogP contribution in [0.25, 0.3) is 0 Å². The van der Waals surface area contributed by atoms with Crippen molar-refractivity contribution in [2.24, 2.45) is 0 Å². The summed E-state index contributed by atoms with van der Waals surface area (Å²) in [7, 11) is -3.68. The predicted octanol–water partition coefficient (Wildman–Crippen LogP) is 5.51. The fourth-order valence-electron chi connectivity index (χ4n) is 1.90. The van der Waals surface area contributed by atoms with E-state index in [1.54, 1.807) is 6.07 Å². The van der Waals surface area contributed by atoms with E-state index in [1.807, 2.05) is 17.5 Å². The van der Waals surface area contributed by atoms with Crippen LogP contribution in [-0.2, 0) is 22.7 Å². The molecule has 1 N–H and O–H groups in total. The van der Waals surface area contributed by atoms with Gasteiger partial charge in [-0.2, -0.15) is 13.2 Å². The summed E-state index contributed by atoms with van der Waals surface area (Å²) in [6, 6.07) is 7.44. The highest BCUT2D eigenvalue weighted by atomic mass is 35.5. The summed E-state index contributed by atoms with van der Waals surface area (Å²) in [5, 5.41) is 1.87. The Hall–Kier alpha value is -1.11. The molecular formula is C15H10ClF3N2O2S4. The van der Waals surface area contributed by atoms with Crippen LogP contribution in [0.3, 0.4) is 0 Å². The number of alkyl halides is 3. The van der Waals surface area contributed by atoms with Gasteiger partial charge in [0.1, 0.15) is 9.24 Å². The second kappa shape index (κ2) is 8.10. The molecule has 0 radical (unpaired) electrons. The molecule has 4 nitrogen and oxygen atoms in total. The first-order chi connectivity index (χ1) is 12.6. The largest absolute Gasteiger partial charge is 0.417 e. The van der Waals surface area contributed by atoms with Crippen LogP contribution >= 0.6 is 46.0 Å². The van der Waals surface area contributed by atoms with Crippen molar-refractivity contribution in [3.63, 3.8) is 0 Å². The Bertz CT molecular complexity index is 1030. The molecule has 0 aliphatic carbocycles. The number of aromatic nitrogens is 1. The lowest BCUT2D eigenvalue weighted by Crippen LogP contribution is -2.21. The lowest BCUT2D eigenvalue weighted by molar-refractivity contribution is -0.137. The monoisotopic (exact) mass is 470 g/mol. The molecule has 0 unspecified atom stereocenters. The van der Waals surface area contributed by atoms with Crippen LogP contribution < -0.4 is 4.72 Å². The highest BCUT2D eigenvalue weighted by molar-refractivity contribution is 8.01. The molecule has 0 aromatic carbocycles. The first-order valence-electron chi connectivity index (χ1n) is 7.17. The summed E-state index contributed by atoms with van der Waals surface area (Å²) < 4.78 is 65.8. The van der Waals surface area contributed by atoms with Crippen molar-refractivity contribution in [3.05, 3.63) is 57.4 Å². The van der Waals surface area contributed by atoms with E-state index < -0.39 is 21.8 Å². The van der Waals surface area contributed by atoms with Crippen LogP contribution in [0, 0.1) is 0 Å². The molecule has 3 rings (SSSR count). The third kappa shape index (κ3) is 5.24. The Kier molecular flexibility index (Phi) is 6.18. The van der Waals surface area contributed by atoms with Crippen molar-refractivity contribution >= 4 is 56.1 Å². The first kappa shape index (κ1) is 20.6. The predicted molar refractivity (Wildman–Crippen MR) is 101 cm³/mol. The highest BCUT2D eigenvalue weighted by Crippen LogP contribution is 2.39. The molecule has 12 heteroatoms. The highest BCUT2D eigenvalue weighted by Gasteiger charge is 2.31. The molecule has 3 heterocycles. The van der Waals surface area contributed by atoms with Crippen LogP contribution in [0.1, 0.15) is 10.4 Å². The number of nitrogens with one attached hydrogen (secondary N) is 1. The lowest BCUT2D eigenvalue weighted by Gasteiger charge is -2.08. The number of rotatable bonds is 6. The third-order valence-corrected chi connectivity index (χ3v) is 8.58. The smallest absolute Gasteiger partial charge is 0.247 e. The number of halogens is 4. The van der Waals surface area contributed by atoms with Gasteiger partial charge in [-0.3, -0.25) is 0 Å². The van der Waals surface area contributed by atoms with Crippen molar-refractivity contribution in [1.29, 1.82) is 0 Å². The van der Waals surface area contributed by atoms with Gasteiger partial charge in [0.15, 0.2) is 0 Å². The molecular weight excluding hydrogens is 461 g/mol. The maximum atomic E-state index is 12.7. The Morgan fingerprint density at radius 2 is 2.04 bits per heavy atom. The van der Waals surface area contributed by atoms with Crippen molar-refractivity contribution < 1.29 is 21.6 Å². The summed E-state index contributed by atoms with van der Waals surface area (Å²) in [5.74, 6) is 0.